The Labute approximate surface area is 116 Å². The maximum atomic E-state index is 13.5. The van der Waals surface area contributed by atoms with E-state index in [2.05, 4.69) is 15.0 Å². The Morgan fingerprint density at radius 1 is 1.50 bits per heavy atom. The molecule has 0 aliphatic carbocycles. The van der Waals surface area contributed by atoms with Crippen LogP contribution in [0.5, 0.6) is 0 Å². The summed E-state index contributed by atoms with van der Waals surface area (Å²) >= 11 is 0. The van der Waals surface area contributed by atoms with Gasteiger partial charge >= 0.3 is 5.97 Å². The van der Waals surface area contributed by atoms with Crippen molar-refractivity contribution >= 4 is 11.7 Å². The lowest BCUT2D eigenvalue weighted by molar-refractivity contribution is 0.0595. The van der Waals surface area contributed by atoms with E-state index >= 15 is 0 Å². The highest BCUT2D eigenvalue weighted by Gasteiger charge is 2.12. The molecule has 0 saturated carbocycles. The normalized spacial score (nSPS) is 10.3. The number of imidazole rings is 1. The van der Waals surface area contributed by atoms with Crippen LogP contribution < -0.4 is 5.32 Å². The lowest BCUT2D eigenvalue weighted by Crippen LogP contribution is -2.09. The molecular weight excluding hydrogens is 261 g/mol. The molecule has 6 heteroatoms. The standard InChI is InChI=1S/C14H16FN3O2/c1-3-18-7-6-16-13(18)9-17-10-4-5-12(15)11(8-10)14(19)20-2/h4-8,17H,3,9H2,1-2H3. The molecule has 20 heavy (non-hydrogen) atoms. The van der Waals surface area contributed by atoms with E-state index in [4.69, 9.17) is 0 Å². The number of anilines is 1. The van der Waals surface area contributed by atoms with Crippen LogP contribution in [0.3, 0.4) is 0 Å². The van der Waals surface area contributed by atoms with E-state index in [9.17, 15) is 9.18 Å². The Balaban J connectivity index is 2.12. The first kappa shape index (κ1) is 14.0. The van der Waals surface area contributed by atoms with Crippen molar-refractivity contribution in [3.63, 3.8) is 0 Å². The van der Waals surface area contributed by atoms with E-state index in [1.807, 2.05) is 17.7 Å². The highest BCUT2D eigenvalue weighted by atomic mass is 19.1. The zero-order valence-corrected chi connectivity index (χ0v) is 11.4. The molecule has 1 aromatic carbocycles. The maximum Gasteiger partial charge on any atom is 0.340 e. The van der Waals surface area contributed by atoms with Gasteiger partial charge in [-0.15, -0.1) is 0 Å². The fourth-order valence-corrected chi connectivity index (χ4v) is 1.88. The summed E-state index contributed by atoms with van der Waals surface area (Å²) in [6.45, 7) is 3.35. The van der Waals surface area contributed by atoms with Crippen molar-refractivity contribution in [2.24, 2.45) is 0 Å². The SMILES string of the molecule is CCn1ccnc1CNc1ccc(F)c(C(=O)OC)c1. The molecule has 0 aliphatic heterocycles. The van der Waals surface area contributed by atoms with Gasteiger partial charge in [-0.2, -0.15) is 0 Å². The van der Waals surface area contributed by atoms with Gasteiger partial charge in [-0.25, -0.2) is 14.2 Å². The first-order valence-electron chi connectivity index (χ1n) is 6.27. The monoisotopic (exact) mass is 277 g/mol. The van der Waals surface area contributed by atoms with Crippen LogP contribution >= 0.6 is 0 Å². The number of halogens is 1. The number of nitrogens with one attached hydrogen (secondary N) is 1. The molecule has 0 spiro atoms. The van der Waals surface area contributed by atoms with Gasteiger partial charge in [-0.05, 0) is 25.1 Å². The van der Waals surface area contributed by atoms with Gasteiger partial charge in [0.15, 0.2) is 0 Å². The summed E-state index contributed by atoms with van der Waals surface area (Å²) in [7, 11) is 1.22. The van der Waals surface area contributed by atoms with Gasteiger partial charge in [0.05, 0.1) is 19.2 Å². The number of nitrogens with zero attached hydrogens (tertiary/aromatic N) is 2. The van der Waals surface area contributed by atoms with Gasteiger partial charge in [0.2, 0.25) is 0 Å². The highest BCUT2D eigenvalue weighted by molar-refractivity contribution is 5.90. The van der Waals surface area contributed by atoms with Crippen LogP contribution in [0.15, 0.2) is 30.6 Å². The number of methoxy groups -OCH3 is 1. The van der Waals surface area contributed by atoms with Gasteiger partial charge in [-0.3, -0.25) is 0 Å². The van der Waals surface area contributed by atoms with E-state index < -0.39 is 11.8 Å². The molecule has 1 N–H and O–H groups in total. The van der Waals surface area contributed by atoms with Crippen LogP contribution in [0.25, 0.3) is 0 Å². The first-order chi connectivity index (χ1) is 9.65. The third-order valence-corrected chi connectivity index (χ3v) is 2.96. The van der Waals surface area contributed by atoms with Crippen molar-refractivity contribution in [3.8, 4) is 0 Å². The van der Waals surface area contributed by atoms with E-state index in [1.54, 1.807) is 12.3 Å². The molecule has 106 valence electrons. The number of hydrogen-bond acceptors (Lipinski definition) is 4. The van der Waals surface area contributed by atoms with Crippen LogP contribution in [0.1, 0.15) is 23.1 Å². The number of aryl methyl sites for hydroxylation is 1. The average molecular weight is 277 g/mol. The highest BCUT2D eigenvalue weighted by Crippen LogP contribution is 2.16. The molecule has 0 unspecified atom stereocenters. The van der Waals surface area contributed by atoms with Gasteiger partial charge < -0.3 is 14.6 Å². The summed E-state index contributed by atoms with van der Waals surface area (Å²) < 4.78 is 20.0. The van der Waals surface area contributed by atoms with E-state index in [0.29, 0.717) is 12.2 Å². The molecule has 0 fully saturated rings. The minimum Gasteiger partial charge on any atom is -0.465 e. The second kappa shape index (κ2) is 6.18. The van der Waals surface area contributed by atoms with Gasteiger partial charge in [0.25, 0.3) is 0 Å². The van der Waals surface area contributed by atoms with Crippen molar-refractivity contribution in [2.45, 2.75) is 20.0 Å². The fraction of sp³-hybridized carbons (Fsp3) is 0.286. The molecular formula is C14H16FN3O2. The topological polar surface area (TPSA) is 56.2 Å². The van der Waals surface area contributed by atoms with E-state index in [-0.39, 0.29) is 5.56 Å². The second-order valence-corrected chi connectivity index (χ2v) is 4.17. The third-order valence-electron chi connectivity index (χ3n) is 2.96. The van der Waals surface area contributed by atoms with Gasteiger partial charge in [-0.1, -0.05) is 0 Å². The zero-order chi connectivity index (χ0) is 14.5. The summed E-state index contributed by atoms with van der Waals surface area (Å²) in [4.78, 5) is 15.6. The number of hydrogen-bond donors (Lipinski definition) is 1. The minimum absolute atomic E-state index is 0.0867. The number of ether oxygens (including phenoxy) is 1. The summed E-state index contributed by atoms with van der Waals surface area (Å²) in [5, 5.41) is 3.11. The molecule has 5 nitrogen and oxygen atoms in total. The third kappa shape index (κ3) is 2.96. The van der Waals surface area contributed by atoms with Crippen LogP contribution in [0.4, 0.5) is 10.1 Å². The van der Waals surface area contributed by atoms with Crippen molar-refractivity contribution in [3.05, 3.63) is 47.8 Å². The van der Waals surface area contributed by atoms with Crippen molar-refractivity contribution in [1.82, 2.24) is 9.55 Å². The van der Waals surface area contributed by atoms with Gasteiger partial charge in [0.1, 0.15) is 11.6 Å². The van der Waals surface area contributed by atoms with Crippen LogP contribution in [0.2, 0.25) is 0 Å². The Hall–Kier alpha value is -2.37. The number of benzene rings is 1. The number of rotatable bonds is 5. The quantitative estimate of drug-likeness (QED) is 0.853. The predicted molar refractivity (Wildman–Crippen MR) is 73.0 cm³/mol. The number of aromatic nitrogens is 2. The van der Waals surface area contributed by atoms with E-state index in [1.165, 1.54) is 19.2 Å². The van der Waals surface area contributed by atoms with Crippen LogP contribution in [0, 0.1) is 5.82 Å². The Bertz CT molecular complexity index is 610. The molecule has 1 aromatic heterocycles. The molecule has 2 rings (SSSR count). The molecule has 2 aromatic rings. The van der Waals surface area contributed by atoms with Crippen molar-refractivity contribution < 1.29 is 13.9 Å². The molecule has 0 radical (unpaired) electrons. The van der Waals surface area contributed by atoms with E-state index in [0.717, 1.165) is 12.4 Å². The summed E-state index contributed by atoms with van der Waals surface area (Å²) in [5.74, 6) is -0.421. The van der Waals surface area contributed by atoms with Crippen molar-refractivity contribution in [1.29, 1.82) is 0 Å². The Kier molecular flexibility index (Phi) is 4.34. The second-order valence-electron chi connectivity index (χ2n) is 4.17. The zero-order valence-electron chi connectivity index (χ0n) is 11.4. The summed E-state index contributed by atoms with van der Waals surface area (Å²) in [6.07, 6.45) is 3.62. The summed E-state index contributed by atoms with van der Waals surface area (Å²) in [6, 6.07) is 4.24. The molecule has 0 bridgehead atoms. The number of carbonyl (C=O) groups is 1. The minimum atomic E-state index is -0.693. The van der Waals surface area contributed by atoms with Crippen LogP contribution in [-0.2, 0) is 17.8 Å². The molecule has 0 saturated heterocycles. The number of esters is 1. The van der Waals surface area contributed by atoms with Gasteiger partial charge in [0, 0.05) is 24.6 Å². The Morgan fingerprint density at radius 3 is 3.00 bits per heavy atom. The molecule has 0 atom stereocenters. The number of carbonyl (C=O) groups excluding carboxylic acids is 1. The predicted octanol–water partition coefficient (Wildman–Crippen LogP) is 2.44. The average Bonchev–Trinajstić information content (AvgIpc) is 2.93. The largest absolute Gasteiger partial charge is 0.465 e. The smallest absolute Gasteiger partial charge is 0.340 e. The first-order valence-corrected chi connectivity index (χ1v) is 6.27. The molecule has 0 aliphatic rings. The lowest BCUT2D eigenvalue weighted by atomic mass is 10.2. The Morgan fingerprint density at radius 2 is 2.30 bits per heavy atom. The molecule has 1 heterocycles. The van der Waals surface area contributed by atoms with Crippen LogP contribution in [-0.4, -0.2) is 22.6 Å². The maximum absolute atomic E-state index is 13.5. The van der Waals surface area contributed by atoms with Crippen molar-refractivity contribution in [2.75, 3.05) is 12.4 Å². The lowest BCUT2D eigenvalue weighted by Gasteiger charge is -2.09. The fourth-order valence-electron chi connectivity index (χ4n) is 1.88. The summed E-state index contributed by atoms with van der Waals surface area (Å²) in [5.41, 5.74) is 0.550. The molecule has 0 amide bonds.